The predicted octanol–water partition coefficient (Wildman–Crippen LogP) is 5.25. The van der Waals surface area contributed by atoms with Crippen LogP contribution in [0.3, 0.4) is 0 Å². The largest absolute Gasteiger partial charge is 0.497 e. The van der Waals surface area contributed by atoms with Gasteiger partial charge in [-0.3, -0.25) is 9.36 Å². The number of aromatic nitrogens is 3. The van der Waals surface area contributed by atoms with Gasteiger partial charge in [0.05, 0.1) is 12.9 Å². The molecule has 0 spiro atoms. The number of nitrogens with one attached hydrogen (secondary N) is 1. The topological polar surface area (TPSA) is 69.0 Å². The van der Waals surface area contributed by atoms with Crippen LogP contribution in [0.25, 0.3) is 5.69 Å². The van der Waals surface area contributed by atoms with E-state index >= 15 is 0 Å². The number of rotatable bonds is 8. The van der Waals surface area contributed by atoms with E-state index in [9.17, 15) is 4.79 Å². The molecule has 0 radical (unpaired) electrons. The lowest BCUT2D eigenvalue weighted by atomic mass is 10.1. The predicted molar refractivity (Wildman–Crippen MR) is 128 cm³/mol. The summed E-state index contributed by atoms with van der Waals surface area (Å²) in [6.07, 6.45) is 0.618. The number of amides is 1. The van der Waals surface area contributed by atoms with Crippen LogP contribution in [0.2, 0.25) is 5.02 Å². The zero-order valence-electron chi connectivity index (χ0n) is 17.4. The highest BCUT2D eigenvalue weighted by atomic mass is 35.5. The number of methoxy groups -OCH3 is 1. The Labute approximate surface area is 195 Å². The van der Waals surface area contributed by atoms with Gasteiger partial charge in [-0.25, -0.2) is 0 Å². The van der Waals surface area contributed by atoms with Crippen molar-refractivity contribution in [3.63, 3.8) is 0 Å². The van der Waals surface area contributed by atoms with Gasteiger partial charge in [0.2, 0.25) is 5.91 Å². The van der Waals surface area contributed by atoms with Crippen LogP contribution in [0.4, 0.5) is 5.69 Å². The average molecular weight is 465 g/mol. The van der Waals surface area contributed by atoms with Crippen molar-refractivity contribution < 1.29 is 9.53 Å². The average Bonchev–Trinajstić information content (AvgIpc) is 3.21. The van der Waals surface area contributed by atoms with Crippen molar-refractivity contribution in [2.24, 2.45) is 0 Å². The number of hydrogen-bond donors (Lipinski definition) is 1. The minimum atomic E-state index is -0.140. The third-order valence-electron chi connectivity index (χ3n) is 4.68. The number of nitrogens with zero attached hydrogens (tertiary/aromatic N) is 3. The minimum Gasteiger partial charge on any atom is -0.497 e. The normalized spacial score (nSPS) is 10.7. The summed E-state index contributed by atoms with van der Waals surface area (Å²) >= 11 is 7.40. The molecule has 32 heavy (non-hydrogen) atoms. The van der Waals surface area contributed by atoms with Crippen LogP contribution in [0.5, 0.6) is 5.75 Å². The minimum absolute atomic E-state index is 0.140. The number of benzene rings is 3. The number of halogens is 1. The number of carbonyl (C=O) groups excluding carboxylic acids is 1. The molecule has 0 fully saturated rings. The summed E-state index contributed by atoms with van der Waals surface area (Å²) < 4.78 is 7.17. The van der Waals surface area contributed by atoms with Crippen LogP contribution in [0.1, 0.15) is 11.4 Å². The Balaban J connectivity index is 1.53. The van der Waals surface area contributed by atoms with E-state index in [4.69, 9.17) is 16.3 Å². The highest BCUT2D eigenvalue weighted by molar-refractivity contribution is 7.99. The molecule has 0 atom stereocenters. The van der Waals surface area contributed by atoms with Gasteiger partial charge < -0.3 is 10.1 Å². The lowest BCUT2D eigenvalue weighted by Crippen LogP contribution is -2.14. The zero-order chi connectivity index (χ0) is 22.3. The summed E-state index contributed by atoms with van der Waals surface area (Å²) in [4.78, 5) is 12.5. The van der Waals surface area contributed by atoms with Gasteiger partial charge in [-0.15, -0.1) is 10.2 Å². The van der Waals surface area contributed by atoms with Gasteiger partial charge in [-0.1, -0.05) is 59.8 Å². The maximum Gasteiger partial charge on any atom is 0.234 e. The summed E-state index contributed by atoms with van der Waals surface area (Å²) in [5.74, 6) is 1.52. The fraction of sp³-hybridized carbons (Fsp3) is 0.125. The van der Waals surface area contributed by atoms with Gasteiger partial charge in [-0.2, -0.15) is 0 Å². The maximum atomic E-state index is 12.5. The van der Waals surface area contributed by atoms with Crippen LogP contribution >= 0.6 is 23.4 Å². The first-order valence-corrected chi connectivity index (χ1v) is 11.3. The molecule has 4 rings (SSSR count). The standard InChI is InChI=1S/C24H21ClN4O2S/c1-31-21-9-5-8-19(15-21)26-23(30)16-32-24-28-27-22(14-17-6-3-2-4-7-17)29(24)20-12-10-18(25)11-13-20/h2-13,15H,14,16H2,1H3,(H,26,30). The van der Waals surface area contributed by atoms with E-state index < -0.39 is 0 Å². The van der Waals surface area contributed by atoms with Crippen molar-refractivity contribution in [2.75, 3.05) is 18.2 Å². The quantitative estimate of drug-likeness (QED) is 0.360. The first kappa shape index (κ1) is 21.9. The van der Waals surface area contributed by atoms with Crippen molar-refractivity contribution >= 4 is 35.0 Å². The van der Waals surface area contributed by atoms with Gasteiger partial charge in [0, 0.05) is 28.9 Å². The molecule has 0 aliphatic carbocycles. The van der Waals surface area contributed by atoms with Crippen molar-refractivity contribution in [3.8, 4) is 11.4 Å². The summed E-state index contributed by atoms with van der Waals surface area (Å²) in [6, 6.07) is 24.8. The molecule has 1 amide bonds. The smallest absolute Gasteiger partial charge is 0.234 e. The fourth-order valence-electron chi connectivity index (χ4n) is 3.16. The monoisotopic (exact) mass is 464 g/mol. The van der Waals surface area contributed by atoms with E-state index in [1.807, 2.05) is 65.2 Å². The Kier molecular flexibility index (Phi) is 7.09. The van der Waals surface area contributed by atoms with Crippen LogP contribution in [-0.2, 0) is 11.2 Å². The molecule has 162 valence electrons. The molecule has 1 N–H and O–H groups in total. The lowest BCUT2D eigenvalue weighted by molar-refractivity contribution is -0.113. The SMILES string of the molecule is COc1cccc(NC(=O)CSc2nnc(Cc3ccccc3)n2-c2ccc(Cl)cc2)c1. The molecule has 0 aliphatic heterocycles. The Morgan fingerprint density at radius 3 is 2.56 bits per heavy atom. The molecule has 0 saturated heterocycles. The number of anilines is 1. The third kappa shape index (κ3) is 5.49. The first-order valence-electron chi connectivity index (χ1n) is 9.93. The van der Waals surface area contributed by atoms with Gasteiger partial charge >= 0.3 is 0 Å². The van der Waals surface area contributed by atoms with Crippen molar-refractivity contribution in [1.29, 1.82) is 0 Å². The highest BCUT2D eigenvalue weighted by Crippen LogP contribution is 2.25. The summed E-state index contributed by atoms with van der Waals surface area (Å²) in [5.41, 5.74) is 2.70. The van der Waals surface area contributed by atoms with Gasteiger partial charge in [0.15, 0.2) is 5.16 Å². The first-order chi connectivity index (χ1) is 15.6. The number of hydrogen-bond acceptors (Lipinski definition) is 5. The van der Waals surface area contributed by atoms with E-state index in [0.717, 1.165) is 17.1 Å². The summed E-state index contributed by atoms with van der Waals surface area (Å²) in [5, 5.41) is 12.9. The Morgan fingerprint density at radius 2 is 1.81 bits per heavy atom. The van der Waals surface area contributed by atoms with Crippen molar-refractivity contribution in [3.05, 3.63) is 95.3 Å². The Bertz CT molecular complexity index is 1200. The second-order valence-corrected chi connectivity index (χ2v) is 8.32. The van der Waals surface area contributed by atoms with E-state index in [2.05, 4.69) is 27.6 Å². The van der Waals surface area contributed by atoms with E-state index in [1.165, 1.54) is 11.8 Å². The number of thioether (sulfide) groups is 1. The van der Waals surface area contributed by atoms with Crippen LogP contribution in [-0.4, -0.2) is 33.5 Å². The molecule has 1 aromatic heterocycles. The summed E-state index contributed by atoms with van der Waals surface area (Å²) in [6.45, 7) is 0. The molecule has 1 heterocycles. The lowest BCUT2D eigenvalue weighted by Gasteiger charge is -2.11. The van der Waals surface area contributed by atoms with Crippen molar-refractivity contribution in [1.82, 2.24) is 14.8 Å². The molecular formula is C24H21ClN4O2S. The molecule has 0 unspecified atom stereocenters. The van der Waals surface area contributed by atoms with E-state index in [1.54, 1.807) is 13.2 Å². The molecule has 0 aliphatic rings. The Hall–Kier alpha value is -3.29. The van der Waals surface area contributed by atoms with Gasteiger partial charge in [0.25, 0.3) is 0 Å². The molecule has 3 aromatic carbocycles. The molecule has 6 nitrogen and oxygen atoms in total. The molecule has 0 bridgehead atoms. The number of ether oxygens (including phenoxy) is 1. The van der Waals surface area contributed by atoms with E-state index in [-0.39, 0.29) is 11.7 Å². The molecular weight excluding hydrogens is 444 g/mol. The van der Waals surface area contributed by atoms with Crippen LogP contribution < -0.4 is 10.1 Å². The zero-order valence-corrected chi connectivity index (χ0v) is 18.9. The third-order valence-corrected chi connectivity index (χ3v) is 5.86. The van der Waals surface area contributed by atoms with Crippen LogP contribution in [0, 0.1) is 0 Å². The second kappa shape index (κ2) is 10.3. The highest BCUT2D eigenvalue weighted by Gasteiger charge is 2.16. The maximum absolute atomic E-state index is 12.5. The number of carbonyl (C=O) groups is 1. The fourth-order valence-corrected chi connectivity index (χ4v) is 4.06. The molecule has 0 saturated carbocycles. The van der Waals surface area contributed by atoms with Crippen molar-refractivity contribution in [2.45, 2.75) is 11.6 Å². The Morgan fingerprint density at radius 1 is 1.03 bits per heavy atom. The molecule has 4 aromatic rings. The second-order valence-electron chi connectivity index (χ2n) is 6.94. The summed E-state index contributed by atoms with van der Waals surface area (Å²) in [7, 11) is 1.59. The van der Waals surface area contributed by atoms with Gasteiger partial charge in [-0.05, 0) is 42.0 Å². The molecule has 8 heteroatoms. The van der Waals surface area contributed by atoms with Gasteiger partial charge in [0.1, 0.15) is 11.6 Å². The van der Waals surface area contributed by atoms with Crippen LogP contribution in [0.15, 0.2) is 84.0 Å². The van der Waals surface area contributed by atoms with E-state index in [0.29, 0.717) is 28.0 Å².